The normalized spacial score (nSPS) is 23.5. The third kappa shape index (κ3) is 5.30. The smallest absolute Gasteiger partial charge is 0.322 e. The summed E-state index contributed by atoms with van der Waals surface area (Å²) in [7, 11) is 0. The van der Waals surface area contributed by atoms with Gasteiger partial charge in [0.25, 0.3) is 5.91 Å². The van der Waals surface area contributed by atoms with Gasteiger partial charge in [0.15, 0.2) is 11.7 Å². The van der Waals surface area contributed by atoms with Gasteiger partial charge in [0.2, 0.25) is 17.4 Å². The zero-order chi connectivity index (χ0) is 25.7. The fourth-order valence-electron chi connectivity index (χ4n) is 3.38. The first kappa shape index (κ1) is 25.5. The predicted molar refractivity (Wildman–Crippen MR) is 137 cm³/mol. The van der Waals surface area contributed by atoms with Crippen molar-refractivity contribution in [3.63, 3.8) is 0 Å². The lowest BCUT2D eigenvalue weighted by Crippen LogP contribution is -2.74. The molecule has 12 nitrogen and oxygen atoms in total. The maximum atomic E-state index is 12.9. The van der Waals surface area contributed by atoms with Gasteiger partial charge in [-0.1, -0.05) is 17.1 Å². The summed E-state index contributed by atoms with van der Waals surface area (Å²) < 4.78 is 2.73. The number of hydrogen-bond donors (Lipinski definition) is 3. The summed E-state index contributed by atoms with van der Waals surface area (Å²) in [6, 6.07) is 2.75. The number of fused-ring (bicyclic) bond motifs is 1. The number of anilines is 1. The Balaban J connectivity index is 1.43. The number of pyridine rings is 1. The van der Waals surface area contributed by atoms with E-state index in [4.69, 9.17) is 17.0 Å². The van der Waals surface area contributed by atoms with Crippen LogP contribution >= 0.6 is 35.1 Å². The van der Waals surface area contributed by atoms with E-state index >= 15 is 0 Å². The number of rotatable bonds is 9. The van der Waals surface area contributed by atoms with Crippen molar-refractivity contribution >= 4 is 69.8 Å². The summed E-state index contributed by atoms with van der Waals surface area (Å²) in [5.41, 5.74) is 6.15. The van der Waals surface area contributed by atoms with Crippen molar-refractivity contribution in [2.75, 3.05) is 24.6 Å². The number of aliphatic carboxylic acids is 1. The number of hydrogen-bond acceptors (Lipinski definition) is 12. The number of carboxylic acid groups (broad SMARTS) is 1. The minimum absolute atomic E-state index is 0.0103. The molecule has 4 heterocycles. The number of β-lactam (4-membered cyclic amide) rings is 1. The van der Waals surface area contributed by atoms with E-state index in [0.29, 0.717) is 0 Å². The van der Waals surface area contributed by atoms with Crippen molar-refractivity contribution in [3.05, 3.63) is 41.3 Å². The van der Waals surface area contributed by atoms with Gasteiger partial charge in [0.05, 0.1) is 0 Å². The number of oxime groups is 1. The van der Waals surface area contributed by atoms with Crippen LogP contribution in [0.5, 0.6) is 0 Å². The van der Waals surface area contributed by atoms with Crippen molar-refractivity contribution < 1.29 is 24.3 Å². The van der Waals surface area contributed by atoms with Crippen LogP contribution in [0, 0.1) is 12.3 Å². The largest absolute Gasteiger partial charge is 0.480 e. The molecule has 0 saturated carbocycles. The van der Waals surface area contributed by atoms with Gasteiger partial charge < -0.3 is 25.9 Å². The lowest BCUT2D eigenvalue weighted by Gasteiger charge is -2.53. The summed E-state index contributed by atoms with van der Waals surface area (Å²) in [4.78, 5) is 52.3. The number of terminal acetylenes is 1. The minimum Gasteiger partial charge on any atom is -0.480 e. The molecule has 15 heteroatoms. The number of carbonyl (C=O) groups is 3. The lowest BCUT2D eigenvalue weighted by atomic mass is 10.0. The van der Waals surface area contributed by atoms with Gasteiger partial charge in [-0.3, -0.25) is 19.4 Å². The Bertz CT molecular complexity index is 1260. The molecule has 186 valence electrons. The molecule has 36 heavy (non-hydrogen) atoms. The second-order valence-electron chi connectivity index (χ2n) is 7.50. The van der Waals surface area contributed by atoms with Gasteiger partial charge >= 0.3 is 5.97 Å². The number of carboxylic acids is 1. The summed E-state index contributed by atoms with van der Waals surface area (Å²) in [5, 5.41) is 17.7. The summed E-state index contributed by atoms with van der Waals surface area (Å²) >= 11 is 3.28. The van der Waals surface area contributed by atoms with E-state index in [1.807, 2.05) is 6.07 Å². The van der Waals surface area contributed by atoms with Crippen LogP contribution in [-0.4, -0.2) is 82.9 Å². The number of nitrogens with one attached hydrogen (secondary N) is 1. The Morgan fingerprint density at radius 1 is 1.53 bits per heavy atom. The highest BCUT2D eigenvalue weighted by atomic mass is 32.2. The van der Waals surface area contributed by atoms with Crippen LogP contribution in [0.3, 0.4) is 0 Å². The average molecular weight is 546 g/mol. The van der Waals surface area contributed by atoms with E-state index in [9.17, 15) is 19.5 Å². The van der Waals surface area contributed by atoms with E-state index in [2.05, 4.69) is 30.7 Å². The molecule has 2 amide bonds. The lowest BCUT2D eigenvalue weighted by molar-refractivity contribution is -0.151. The quantitative estimate of drug-likeness (QED) is 0.132. The summed E-state index contributed by atoms with van der Waals surface area (Å²) in [6.07, 6.45) is 10.2. The molecule has 0 aromatic carbocycles. The van der Waals surface area contributed by atoms with Crippen LogP contribution in [0.2, 0.25) is 0 Å². The maximum absolute atomic E-state index is 12.9. The van der Waals surface area contributed by atoms with Crippen molar-refractivity contribution in [2.24, 2.45) is 5.16 Å². The Hall–Kier alpha value is -3.61. The zero-order valence-corrected chi connectivity index (χ0v) is 20.9. The highest BCUT2D eigenvalue weighted by molar-refractivity contribution is 8.06. The number of nitrogens with two attached hydrogens (primary N) is 1. The molecule has 0 bridgehead atoms. The first-order valence-corrected chi connectivity index (χ1v) is 13.0. The maximum Gasteiger partial charge on any atom is 0.322 e. The molecule has 0 aliphatic carbocycles. The average Bonchev–Trinajstić information content (AvgIpc) is 3.31. The van der Waals surface area contributed by atoms with Crippen molar-refractivity contribution in [3.8, 4) is 12.3 Å². The fourth-order valence-corrected chi connectivity index (χ4v) is 6.48. The molecular weight excluding hydrogens is 526 g/mol. The molecule has 4 N–H and O–H groups in total. The molecule has 2 unspecified atom stereocenters. The monoisotopic (exact) mass is 545 g/mol. The summed E-state index contributed by atoms with van der Waals surface area (Å²) in [6.45, 7) is -0.196. The van der Waals surface area contributed by atoms with Gasteiger partial charge in [-0.15, -0.1) is 29.9 Å². The second kappa shape index (κ2) is 11.0. The van der Waals surface area contributed by atoms with Crippen LogP contribution in [0.1, 0.15) is 11.4 Å². The van der Waals surface area contributed by atoms with Crippen molar-refractivity contribution in [1.29, 1.82) is 0 Å². The van der Waals surface area contributed by atoms with E-state index in [0.717, 1.165) is 28.9 Å². The van der Waals surface area contributed by atoms with Crippen LogP contribution in [0.25, 0.3) is 6.08 Å². The highest BCUT2D eigenvalue weighted by Gasteiger charge is 2.57. The van der Waals surface area contributed by atoms with Crippen LogP contribution in [0.15, 0.2) is 35.1 Å². The Morgan fingerprint density at radius 3 is 3.03 bits per heavy atom. The van der Waals surface area contributed by atoms with Gasteiger partial charge in [-0.05, 0) is 23.1 Å². The Kier molecular flexibility index (Phi) is 7.77. The Morgan fingerprint density at radius 2 is 2.36 bits per heavy atom. The molecule has 2 aliphatic rings. The van der Waals surface area contributed by atoms with Gasteiger partial charge in [0, 0.05) is 36.2 Å². The first-order chi connectivity index (χ1) is 17.3. The number of nitrogens with zero attached hydrogens (tertiary/aromatic N) is 5. The predicted octanol–water partition coefficient (Wildman–Crippen LogP) is 0.497. The van der Waals surface area contributed by atoms with Crippen molar-refractivity contribution in [1.82, 2.24) is 24.6 Å². The first-order valence-electron chi connectivity index (χ1n) is 10.3. The molecule has 4 rings (SSSR count). The number of aromatic nitrogens is 3. The van der Waals surface area contributed by atoms with E-state index in [1.165, 1.54) is 16.7 Å². The van der Waals surface area contributed by atoms with Gasteiger partial charge in [0.1, 0.15) is 16.2 Å². The second-order valence-corrected chi connectivity index (χ2v) is 10.7. The summed E-state index contributed by atoms with van der Waals surface area (Å²) in [5.74, 6) is 0.209. The van der Waals surface area contributed by atoms with E-state index < -0.39 is 33.9 Å². The molecule has 2 fully saturated rings. The number of thioether (sulfide) groups is 2. The van der Waals surface area contributed by atoms with Crippen LogP contribution in [-0.2, 0) is 19.2 Å². The fraction of sp³-hybridized carbons (Fsp3) is 0.286. The van der Waals surface area contributed by atoms with Gasteiger partial charge in [-0.2, -0.15) is 9.36 Å². The molecular formula is C21H19N7O5S3. The topological polar surface area (TPSA) is 173 Å². The Labute approximate surface area is 217 Å². The third-order valence-corrected chi connectivity index (χ3v) is 8.57. The van der Waals surface area contributed by atoms with Crippen molar-refractivity contribution in [2.45, 2.75) is 16.2 Å². The van der Waals surface area contributed by atoms with Gasteiger partial charge in [-0.25, -0.2) is 0 Å². The SMILES string of the molecule is C#CCON=C(C(=O)NC1C(=O)N2CC(SC=Cc3cccnc3)(C(=O)O)CS[C@H]12)c1nsc(N)n1. The van der Waals surface area contributed by atoms with Crippen LogP contribution < -0.4 is 11.1 Å². The molecule has 0 spiro atoms. The molecule has 2 aromatic heterocycles. The molecule has 2 aromatic rings. The molecule has 2 aliphatic heterocycles. The van der Waals surface area contributed by atoms with E-state index in [1.54, 1.807) is 29.9 Å². The zero-order valence-electron chi connectivity index (χ0n) is 18.4. The molecule has 2 saturated heterocycles. The number of nitrogen functional groups attached to an aromatic ring is 1. The third-order valence-electron chi connectivity index (χ3n) is 5.14. The standard InChI is InChI=1S/C21H19N7O5S3/c1-2-7-33-26-13(15-25-20(22)36-27-15)16(29)24-14-17(30)28-10-21(19(31)32,11-34-18(14)28)35-8-5-12-4-3-6-23-9-12/h1,3-6,8-9,14,18H,7,10-11H2,(H,24,29)(H,31,32)(H2,22,25,27)/t14?,18-,21?/m1/s1. The number of amides is 2. The molecule has 0 radical (unpaired) electrons. The van der Waals surface area contributed by atoms with Crippen LogP contribution in [0.4, 0.5) is 5.13 Å². The molecule has 3 atom stereocenters. The van der Waals surface area contributed by atoms with E-state index in [-0.39, 0.29) is 35.6 Å². The number of carbonyl (C=O) groups excluding carboxylic acids is 2. The minimum atomic E-state index is -1.23. The highest BCUT2D eigenvalue weighted by Crippen LogP contribution is 2.44.